The zero-order chi connectivity index (χ0) is 16.1. The lowest BCUT2D eigenvalue weighted by atomic mass is 10.1. The summed E-state index contributed by atoms with van der Waals surface area (Å²) in [7, 11) is 0. The first-order valence-corrected chi connectivity index (χ1v) is 8.50. The highest BCUT2D eigenvalue weighted by Crippen LogP contribution is 2.16. The molecule has 1 fully saturated rings. The van der Waals surface area contributed by atoms with E-state index in [4.69, 9.17) is 4.74 Å². The summed E-state index contributed by atoms with van der Waals surface area (Å²) in [6.45, 7) is 1.45. The lowest BCUT2D eigenvalue weighted by Gasteiger charge is -2.18. The Hall–Kier alpha value is -1.73. The average molecular weight is 332 g/mol. The van der Waals surface area contributed by atoms with Crippen LogP contribution in [0.1, 0.15) is 15.2 Å². The number of thiophene rings is 1. The van der Waals surface area contributed by atoms with Gasteiger partial charge < -0.3 is 20.5 Å². The van der Waals surface area contributed by atoms with Crippen molar-refractivity contribution in [2.45, 2.75) is 24.8 Å². The van der Waals surface area contributed by atoms with Crippen molar-refractivity contribution in [3.63, 3.8) is 0 Å². The molecule has 3 N–H and O–H groups in total. The summed E-state index contributed by atoms with van der Waals surface area (Å²) < 4.78 is 5.61. The Morgan fingerprint density at radius 3 is 2.83 bits per heavy atom. The van der Waals surface area contributed by atoms with E-state index >= 15 is 0 Å². The molecule has 0 aliphatic carbocycles. The van der Waals surface area contributed by atoms with Crippen LogP contribution in [-0.2, 0) is 11.3 Å². The van der Waals surface area contributed by atoms with Crippen LogP contribution in [-0.4, -0.2) is 42.4 Å². The van der Waals surface area contributed by atoms with E-state index in [-0.39, 0.29) is 18.1 Å². The van der Waals surface area contributed by atoms with E-state index in [1.54, 1.807) is 23.5 Å². The quantitative estimate of drug-likeness (QED) is 0.748. The molecule has 1 aliphatic heterocycles. The molecule has 1 aromatic heterocycles. The van der Waals surface area contributed by atoms with E-state index in [2.05, 4.69) is 16.7 Å². The zero-order valence-electron chi connectivity index (χ0n) is 12.6. The van der Waals surface area contributed by atoms with Crippen molar-refractivity contribution in [1.82, 2.24) is 10.6 Å². The predicted octanol–water partition coefficient (Wildman–Crippen LogP) is 1.40. The van der Waals surface area contributed by atoms with Crippen LogP contribution in [0, 0.1) is 0 Å². The van der Waals surface area contributed by atoms with Gasteiger partial charge in [-0.1, -0.05) is 24.3 Å². The molecule has 1 aliphatic rings. The number of amides is 1. The molecule has 23 heavy (non-hydrogen) atoms. The standard InChI is InChI=1S/C17H20N2O3S/c20-16-14(18-9-13-7-4-8-23-13)11-22-15(16)10-19-17(21)12-5-2-1-3-6-12/h1-8,14-16,18,20H,9-11H2,(H,19,21)/t14-,15-,16+/m1/s1. The van der Waals surface area contributed by atoms with Crippen molar-refractivity contribution in [1.29, 1.82) is 0 Å². The van der Waals surface area contributed by atoms with Gasteiger partial charge in [-0.2, -0.15) is 0 Å². The molecule has 0 spiro atoms. The molecule has 122 valence electrons. The molecule has 2 aromatic rings. The Bertz CT molecular complexity index is 618. The number of carbonyl (C=O) groups is 1. The number of hydrogen-bond donors (Lipinski definition) is 3. The molecular weight excluding hydrogens is 312 g/mol. The third kappa shape index (κ3) is 4.17. The fourth-order valence-electron chi connectivity index (χ4n) is 2.57. The van der Waals surface area contributed by atoms with Crippen molar-refractivity contribution < 1.29 is 14.6 Å². The molecule has 1 saturated heterocycles. The highest BCUT2D eigenvalue weighted by atomic mass is 32.1. The Labute approximate surface area is 139 Å². The van der Waals surface area contributed by atoms with Gasteiger partial charge in [0.25, 0.3) is 5.91 Å². The van der Waals surface area contributed by atoms with Crippen LogP contribution in [0.5, 0.6) is 0 Å². The average Bonchev–Trinajstić information content (AvgIpc) is 3.22. The van der Waals surface area contributed by atoms with E-state index in [0.717, 1.165) is 0 Å². The summed E-state index contributed by atoms with van der Waals surface area (Å²) in [4.78, 5) is 13.2. The molecule has 1 aromatic carbocycles. The summed E-state index contributed by atoms with van der Waals surface area (Å²) in [5, 5.41) is 18.5. The van der Waals surface area contributed by atoms with Gasteiger partial charge in [0.05, 0.1) is 18.8 Å². The van der Waals surface area contributed by atoms with E-state index < -0.39 is 6.10 Å². The Morgan fingerprint density at radius 2 is 2.09 bits per heavy atom. The van der Waals surface area contributed by atoms with Crippen molar-refractivity contribution in [3.05, 3.63) is 58.3 Å². The number of nitrogens with one attached hydrogen (secondary N) is 2. The molecule has 5 nitrogen and oxygen atoms in total. The second-order valence-corrected chi connectivity index (χ2v) is 6.54. The Morgan fingerprint density at radius 1 is 1.26 bits per heavy atom. The van der Waals surface area contributed by atoms with E-state index in [1.165, 1.54) is 4.88 Å². The molecule has 1 amide bonds. The predicted molar refractivity (Wildman–Crippen MR) is 89.5 cm³/mol. The minimum atomic E-state index is -0.633. The lowest BCUT2D eigenvalue weighted by Crippen LogP contribution is -2.44. The first-order valence-electron chi connectivity index (χ1n) is 7.63. The van der Waals surface area contributed by atoms with Crippen LogP contribution in [0.2, 0.25) is 0 Å². The topological polar surface area (TPSA) is 70.6 Å². The van der Waals surface area contributed by atoms with E-state index in [0.29, 0.717) is 25.3 Å². The van der Waals surface area contributed by atoms with Crippen molar-refractivity contribution >= 4 is 17.2 Å². The molecule has 0 bridgehead atoms. The summed E-state index contributed by atoms with van der Waals surface area (Å²) in [5.74, 6) is -0.156. The fourth-order valence-corrected chi connectivity index (χ4v) is 3.23. The summed E-state index contributed by atoms with van der Waals surface area (Å²) in [6, 6.07) is 13.0. The van der Waals surface area contributed by atoms with Gasteiger partial charge in [0.15, 0.2) is 0 Å². The lowest BCUT2D eigenvalue weighted by molar-refractivity contribution is 0.0398. The van der Waals surface area contributed by atoms with Crippen LogP contribution in [0.3, 0.4) is 0 Å². The van der Waals surface area contributed by atoms with Crippen LogP contribution in [0.4, 0.5) is 0 Å². The molecular formula is C17H20N2O3S. The van der Waals surface area contributed by atoms with Gasteiger partial charge in [-0.05, 0) is 23.6 Å². The van der Waals surface area contributed by atoms with Crippen molar-refractivity contribution in [2.24, 2.45) is 0 Å². The van der Waals surface area contributed by atoms with E-state index in [9.17, 15) is 9.90 Å². The largest absolute Gasteiger partial charge is 0.389 e. The molecule has 0 unspecified atom stereocenters. The smallest absolute Gasteiger partial charge is 0.251 e. The third-order valence-corrected chi connectivity index (χ3v) is 4.78. The molecule has 2 heterocycles. The van der Waals surface area contributed by atoms with Crippen LogP contribution >= 0.6 is 11.3 Å². The van der Waals surface area contributed by atoms with Gasteiger partial charge in [0.1, 0.15) is 6.10 Å². The summed E-state index contributed by atoms with van der Waals surface area (Å²) in [6.07, 6.45) is -1.02. The SMILES string of the molecule is O=C(NC[C@H]1OC[C@@H](NCc2cccs2)[C@@H]1O)c1ccccc1. The highest BCUT2D eigenvalue weighted by Gasteiger charge is 2.35. The monoisotopic (exact) mass is 332 g/mol. The molecule has 3 rings (SSSR count). The second kappa shape index (κ2) is 7.70. The summed E-state index contributed by atoms with van der Waals surface area (Å²) in [5.41, 5.74) is 0.604. The highest BCUT2D eigenvalue weighted by molar-refractivity contribution is 7.09. The van der Waals surface area contributed by atoms with Crippen LogP contribution < -0.4 is 10.6 Å². The number of ether oxygens (including phenoxy) is 1. The third-order valence-electron chi connectivity index (χ3n) is 3.90. The minimum Gasteiger partial charge on any atom is -0.389 e. The summed E-state index contributed by atoms with van der Waals surface area (Å²) >= 11 is 1.68. The maximum atomic E-state index is 12.0. The maximum absolute atomic E-state index is 12.0. The fraction of sp³-hybridized carbons (Fsp3) is 0.353. The zero-order valence-corrected chi connectivity index (χ0v) is 13.5. The normalized spacial score (nSPS) is 23.8. The Balaban J connectivity index is 1.45. The van der Waals surface area contributed by atoms with Gasteiger partial charge in [-0.3, -0.25) is 4.79 Å². The van der Waals surface area contributed by atoms with Crippen LogP contribution in [0.25, 0.3) is 0 Å². The first-order chi connectivity index (χ1) is 11.2. The first kappa shape index (κ1) is 16.1. The molecule has 3 atom stereocenters. The molecule has 0 saturated carbocycles. The van der Waals surface area contributed by atoms with Gasteiger partial charge in [-0.25, -0.2) is 0 Å². The van der Waals surface area contributed by atoms with Gasteiger partial charge in [0.2, 0.25) is 0 Å². The van der Waals surface area contributed by atoms with Gasteiger partial charge >= 0.3 is 0 Å². The minimum absolute atomic E-state index is 0.115. The number of carbonyl (C=O) groups excluding carboxylic acids is 1. The number of rotatable bonds is 6. The number of aliphatic hydroxyl groups is 1. The molecule has 6 heteroatoms. The Kier molecular flexibility index (Phi) is 5.40. The number of aliphatic hydroxyl groups excluding tert-OH is 1. The maximum Gasteiger partial charge on any atom is 0.251 e. The molecule has 0 radical (unpaired) electrons. The van der Waals surface area contributed by atoms with Crippen molar-refractivity contribution in [3.8, 4) is 0 Å². The number of benzene rings is 1. The van der Waals surface area contributed by atoms with Crippen LogP contribution in [0.15, 0.2) is 47.8 Å². The van der Waals surface area contributed by atoms with Crippen molar-refractivity contribution in [2.75, 3.05) is 13.2 Å². The van der Waals surface area contributed by atoms with Gasteiger partial charge in [0, 0.05) is 23.5 Å². The van der Waals surface area contributed by atoms with E-state index in [1.807, 2.05) is 29.6 Å². The number of hydrogen-bond acceptors (Lipinski definition) is 5. The second-order valence-electron chi connectivity index (χ2n) is 5.51. The van der Waals surface area contributed by atoms with Gasteiger partial charge in [-0.15, -0.1) is 11.3 Å².